The van der Waals surface area contributed by atoms with Crippen molar-refractivity contribution in [1.29, 1.82) is 0 Å². The number of likely N-dealkylation sites (tertiary alicyclic amines) is 1. The second-order valence-corrected chi connectivity index (χ2v) is 6.55. The van der Waals surface area contributed by atoms with Crippen molar-refractivity contribution in [3.05, 3.63) is 28.8 Å². The molecule has 0 aromatic heterocycles. The maximum Gasteiger partial charge on any atom is 0.0452 e. The Kier molecular flexibility index (Phi) is 4.18. The maximum atomic E-state index is 6.23. The van der Waals surface area contributed by atoms with Crippen LogP contribution in [0.1, 0.15) is 38.7 Å². The zero-order valence-corrected chi connectivity index (χ0v) is 12.1. The topological polar surface area (TPSA) is 29.3 Å². The summed E-state index contributed by atoms with van der Waals surface area (Å²) in [5, 5.41) is 0.827. The van der Waals surface area contributed by atoms with E-state index in [1.165, 1.54) is 19.3 Å². The summed E-state index contributed by atoms with van der Waals surface area (Å²) in [5.41, 5.74) is 8.26. The van der Waals surface area contributed by atoms with E-state index >= 15 is 0 Å². The fourth-order valence-corrected chi connectivity index (χ4v) is 2.77. The van der Waals surface area contributed by atoms with Gasteiger partial charge in [-0.15, -0.1) is 0 Å². The zero-order valence-electron chi connectivity index (χ0n) is 11.4. The van der Waals surface area contributed by atoms with Gasteiger partial charge < -0.3 is 5.73 Å². The summed E-state index contributed by atoms with van der Waals surface area (Å²) in [6.45, 7) is 7.96. The Morgan fingerprint density at radius 3 is 2.83 bits per heavy atom. The van der Waals surface area contributed by atoms with Crippen LogP contribution in [0.4, 0.5) is 5.69 Å². The summed E-state index contributed by atoms with van der Waals surface area (Å²) in [7, 11) is 0. The quantitative estimate of drug-likeness (QED) is 0.822. The third-order valence-corrected chi connectivity index (χ3v) is 4.27. The average molecular weight is 267 g/mol. The highest BCUT2D eigenvalue weighted by atomic mass is 35.5. The highest BCUT2D eigenvalue weighted by Crippen LogP contribution is 2.31. The summed E-state index contributed by atoms with van der Waals surface area (Å²) in [6.07, 6.45) is 3.84. The van der Waals surface area contributed by atoms with E-state index in [2.05, 4.69) is 18.7 Å². The predicted molar refractivity (Wildman–Crippen MR) is 78.8 cm³/mol. The number of hydrogen-bond acceptors (Lipinski definition) is 2. The van der Waals surface area contributed by atoms with Crippen LogP contribution in [0.2, 0.25) is 5.02 Å². The molecule has 1 aliphatic heterocycles. The van der Waals surface area contributed by atoms with Crippen molar-refractivity contribution in [2.24, 2.45) is 5.41 Å². The van der Waals surface area contributed by atoms with E-state index in [-0.39, 0.29) is 0 Å². The van der Waals surface area contributed by atoms with E-state index < -0.39 is 0 Å². The molecule has 3 heteroatoms. The van der Waals surface area contributed by atoms with Crippen LogP contribution in [0.3, 0.4) is 0 Å². The molecule has 1 fully saturated rings. The third kappa shape index (κ3) is 3.63. The molecule has 0 unspecified atom stereocenters. The smallest absolute Gasteiger partial charge is 0.0452 e. The number of nitrogens with two attached hydrogens (primary N) is 1. The first kappa shape index (κ1) is 13.7. The minimum atomic E-state index is 0.480. The Hall–Kier alpha value is -0.730. The lowest BCUT2D eigenvalue weighted by Gasteiger charge is -2.23. The molecule has 0 bridgehead atoms. The Morgan fingerprint density at radius 1 is 1.28 bits per heavy atom. The van der Waals surface area contributed by atoms with Crippen LogP contribution in [0.15, 0.2) is 18.2 Å². The van der Waals surface area contributed by atoms with Gasteiger partial charge in [-0.3, -0.25) is 4.90 Å². The van der Waals surface area contributed by atoms with Gasteiger partial charge in [0.05, 0.1) is 0 Å². The first-order valence-corrected chi connectivity index (χ1v) is 7.10. The van der Waals surface area contributed by atoms with Gasteiger partial charge in [-0.25, -0.2) is 0 Å². The Morgan fingerprint density at radius 2 is 2.06 bits per heavy atom. The van der Waals surface area contributed by atoms with Crippen LogP contribution in [0.25, 0.3) is 0 Å². The van der Waals surface area contributed by atoms with Crippen molar-refractivity contribution in [2.75, 3.05) is 18.8 Å². The van der Waals surface area contributed by atoms with Crippen molar-refractivity contribution in [3.8, 4) is 0 Å². The van der Waals surface area contributed by atoms with E-state index in [9.17, 15) is 0 Å². The van der Waals surface area contributed by atoms with Gasteiger partial charge in [-0.2, -0.15) is 0 Å². The number of nitrogens with zero attached hydrogens (tertiary/aromatic N) is 1. The van der Waals surface area contributed by atoms with Crippen LogP contribution in [-0.2, 0) is 6.54 Å². The lowest BCUT2D eigenvalue weighted by Crippen LogP contribution is -2.25. The van der Waals surface area contributed by atoms with Gasteiger partial charge in [0.1, 0.15) is 0 Å². The lowest BCUT2D eigenvalue weighted by molar-refractivity contribution is 0.256. The molecule has 0 atom stereocenters. The fourth-order valence-electron chi connectivity index (χ4n) is 2.59. The monoisotopic (exact) mass is 266 g/mol. The van der Waals surface area contributed by atoms with Crippen LogP contribution >= 0.6 is 11.6 Å². The standard InChI is InChI=1S/C15H23ClN2/c1-15(2)6-3-8-18(9-7-15)11-12-10-13(17)4-5-14(12)16/h4-5,10H,3,6-9,11,17H2,1-2H3. The van der Waals surface area contributed by atoms with Crippen molar-refractivity contribution in [1.82, 2.24) is 4.90 Å². The summed E-state index contributed by atoms with van der Waals surface area (Å²) in [5.74, 6) is 0. The minimum absolute atomic E-state index is 0.480. The van der Waals surface area contributed by atoms with Gasteiger partial charge >= 0.3 is 0 Å². The molecule has 2 N–H and O–H groups in total. The molecule has 1 aromatic carbocycles. The molecule has 1 saturated heterocycles. The maximum absolute atomic E-state index is 6.23. The van der Waals surface area contributed by atoms with Gasteiger partial charge in [0.2, 0.25) is 0 Å². The highest BCUT2D eigenvalue weighted by Gasteiger charge is 2.23. The number of halogens is 1. The fraction of sp³-hybridized carbons (Fsp3) is 0.600. The molecule has 1 heterocycles. The third-order valence-electron chi connectivity index (χ3n) is 3.90. The summed E-state index contributed by atoms with van der Waals surface area (Å²) < 4.78 is 0. The molecule has 0 spiro atoms. The van der Waals surface area contributed by atoms with Crippen LogP contribution < -0.4 is 5.73 Å². The van der Waals surface area contributed by atoms with Gasteiger partial charge in [0, 0.05) is 17.3 Å². The molecule has 1 aromatic rings. The first-order valence-electron chi connectivity index (χ1n) is 6.73. The van der Waals surface area contributed by atoms with Crippen LogP contribution in [0.5, 0.6) is 0 Å². The molecule has 0 radical (unpaired) electrons. The van der Waals surface area contributed by atoms with Gasteiger partial charge in [-0.05, 0) is 61.5 Å². The Balaban J connectivity index is 2.03. The lowest BCUT2D eigenvalue weighted by atomic mass is 9.85. The summed E-state index contributed by atoms with van der Waals surface area (Å²) in [6, 6.07) is 5.75. The molecule has 0 amide bonds. The molecular weight excluding hydrogens is 244 g/mol. The second-order valence-electron chi connectivity index (χ2n) is 6.14. The van der Waals surface area contributed by atoms with Crippen molar-refractivity contribution >= 4 is 17.3 Å². The predicted octanol–water partition coefficient (Wildman–Crippen LogP) is 3.93. The Labute approximate surface area is 115 Å². The van der Waals surface area contributed by atoms with Crippen molar-refractivity contribution < 1.29 is 0 Å². The van der Waals surface area contributed by atoms with E-state index in [4.69, 9.17) is 17.3 Å². The highest BCUT2D eigenvalue weighted by molar-refractivity contribution is 6.31. The Bertz CT molecular complexity index is 415. The molecule has 0 aliphatic carbocycles. The number of nitrogen functional groups attached to an aromatic ring is 1. The van der Waals surface area contributed by atoms with E-state index in [1.807, 2.05) is 18.2 Å². The largest absolute Gasteiger partial charge is 0.399 e. The molecule has 18 heavy (non-hydrogen) atoms. The number of benzene rings is 1. The van der Waals surface area contributed by atoms with Crippen LogP contribution in [0, 0.1) is 5.41 Å². The molecule has 0 saturated carbocycles. The van der Waals surface area contributed by atoms with Gasteiger partial charge in [0.15, 0.2) is 0 Å². The molecular formula is C15H23ClN2. The first-order chi connectivity index (χ1) is 8.46. The van der Waals surface area contributed by atoms with E-state index in [0.29, 0.717) is 5.41 Å². The normalized spacial score (nSPS) is 20.6. The van der Waals surface area contributed by atoms with Crippen LogP contribution in [-0.4, -0.2) is 18.0 Å². The number of rotatable bonds is 2. The molecule has 100 valence electrons. The van der Waals surface area contributed by atoms with Crippen molar-refractivity contribution in [2.45, 2.75) is 39.7 Å². The van der Waals surface area contributed by atoms with E-state index in [1.54, 1.807) is 0 Å². The van der Waals surface area contributed by atoms with Gasteiger partial charge in [0.25, 0.3) is 0 Å². The minimum Gasteiger partial charge on any atom is -0.399 e. The number of hydrogen-bond donors (Lipinski definition) is 1. The molecule has 1 aliphatic rings. The summed E-state index contributed by atoms with van der Waals surface area (Å²) in [4.78, 5) is 2.50. The van der Waals surface area contributed by atoms with Gasteiger partial charge in [-0.1, -0.05) is 25.4 Å². The van der Waals surface area contributed by atoms with E-state index in [0.717, 1.165) is 35.9 Å². The van der Waals surface area contributed by atoms with Crippen molar-refractivity contribution in [3.63, 3.8) is 0 Å². The number of anilines is 1. The SMILES string of the molecule is CC1(C)CCCN(Cc2cc(N)ccc2Cl)CC1. The molecule has 2 nitrogen and oxygen atoms in total. The zero-order chi connectivity index (χ0) is 13.2. The summed E-state index contributed by atoms with van der Waals surface area (Å²) >= 11 is 6.23. The second kappa shape index (κ2) is 5.50. The average Bonchev–Trinajstić information content (AvgIpc) is 2.46. The molecule has 2 rings (SSSR count).